The van der Waals surface area contributed by atoms with Crippen molar-refractivity contribution >= 4 is 46.6 Å². The van der Waals surface area contributed by atoms with Gasteiger partial charge in [-0.1, -0.05) is 61.3 Å². The first-order valence-electron chi connectivity index (χ1n) is 13.8. The third-order valence-corrected chi connectivity index (χ3v) is 7.55. The number of carbonyl (C=O) groups excluding carboxylic acids is 1. The van der Waals surface area contributed by atoms with Crippen molar-refractivity contribution in [1.82, 2.24) is 24.8 Å². The number of para-hydroxylation sites is 1. The van der Waals surface area contributed by atoms with E-state index in [1.54, 1.807) is 24.7 Å². The van der Waals surface area contributed by atoms with Gasteiger partial charge in [-0.3, -0.25) is 9.36 Å². The minimum atomic E-state index is -0.505. The number of hydrogen-bond donors (Lipinski definition) is 2. The van der Waals surface area contributed by atoms with Gasteiger partial charge in [-0.05, 0) is 42.2 Å². The predicted molar refractivity (Wildman–Crippen MR) is 165 cm³/mol. The molecule has 1 aliphatic heterocycles. The van der Waals surface area contributed by atoms with Crippen LogP contribution in [0.1, 0.15) is 25.8 Å². The second-order valence-electron chi connectivity index (χ2n) is 10.5. The van der Waals surface area contributed by atoms with E-state index in [4.69, 9.17) is 33.2 Å². The molecule has 9 nitrogen and oxygen atoms in total. The fourth-order valence-electron chi connectivity index (χ4n) is 4.82. The second kappa shape index (κ2) is 13.2. The van der Waals surface area contributed by atoms with E-state index in [1.165, 1.54) is 5.69 Å². The Morgan fingerprint density at radius 2 is 1.73 bits per heavy atom. The first-order valence-corrected chi connectivity index (χ1v) is 14.5. The van der Waals surface area contributed by atoms with Crippen LogP contribution in [0.2, 0.25) is 10.0 Å². The second-order valence-corrected chi connectivity index (χ2v) is 11.3. The summed E-state index contributed by atoms with van der Waals surface area (Å²) in [5, 5.41) is 7.49. The van der Waals surface area contributed by atoms with Gasteiger partial charge in [0.05, 0.1) is 0 Å². The molecular weight excluding hydrogens is 559 g/mol. The maximum Gasteiger partial charge on any atom is 0.242 e. The zero-order valence-electron chi connectivity index (χ0n) is 23.2. The van der Waals surface area contributed by atoms with E-state index in [9.17, 15) is 4.79 Å². The minimum Gasteiger partial charge on any atom is -0.368 e. The smallest absolute Gasteiger partial charge is 0.242 e. The van der Waals surface area contributed by atoms with E-state index in [1.807, 2.05) is 29.0 Å². The molecule has 0 bridgehead atoms. The van der Waals surface area contributed by atoms with Crippen LogP contribution in [0.25, 0.3) is 5.82 Å². The number of amides is 1. The van der Waals surface area contributed by atoms with Gasteiger partial charge in [-0.25, -0.2) is 4.98 Å². The van der Waals surface area contributed by atoms with Gasteiger partial charge in [-0.2, -0.15) is 9.97 Å². The number of piperazine rings is 1. The van der Waals surface area contributed by atoms with Crippen molar-refractivity contribution in [3.63, 3.8) is 0 Å². The molecule has 5 rings (SSSR count). The summed E-state index contributed by atoms with van der Waals surface area (Å²) in [5.74, 6) is 2.01. The van der Waals surface area contributed by atoms with Crippen molar-refractivity contribution in [3.05, 3.63) is 88.9 Å². The summed E-state index contributed by atoms with van der Waals surface area (Å²) < 4.78 is 1.84. The first-order chi connectivity index (χ1) is 19.9. The summed E-state index contributed by atoms with van der Waals surface area (Å²) >= 11 is 12.4. The average molecular weight is 594 g/mol. The van der Waals surface area contributed by atoms with E-state index in [2.05, 4.69) is 63.5 Å². The highest BCUT2D eigenvalue weighted by molar-refractivity contribution is 6.35. The highest BCUT2D eigenvalue weighted by Crippen LogP contribution is 2.23. The molecule has 1 aliphatic rings. The topological polar surface area (TPSA) is 91.2 Å². The van der Waals surface area contributed by atoms with Crippen molar-refractivity contribution in [3.8, 4) is 5.82 Å². The lowest BCUT2D eigenvalue weighted by molar-refractivity contribution is -0.122. The molecule has 1 saturated heterocycles. The molecule has 0 radical (unpaired) electrons. The fraction of sp³-hybridized carbons (Fsp3) is 0.333. The lowest BCUT2D eigenvalue weighted by Gasteiger charge is -2.36. The van der Waals surface area contributed by atoms with Gasteiger partial charge in [-0.15, -0.1) is 0 Å². The maximum absolute atomic E-state index is 13.4. The molecule has 2 N–H and O–H groups in total. The number of imidazole rings is 1. The van der Waals surface area contributed by atoms with Crippen LogP contribution < -0.4 is 20.4 Å². The van der Waals surface area contributed by atoms with Crippen LogP contribution in [0.3, 0.4) is 0 Å². The number of nitrogens with zero attached hydrogens (tertiary/aromatic N) is 6. The maximum atomic E-state index is 13.4. The monoisotopic (exact) mass is 592 g/mol. The van der Waals surface area contributed by atoms with E-state index in [0.717, 1.165) is 31.7 Å². The van der Waals surface area contributed by atoms with Crippen LogP contribution in [0.5, 0.6) is 0 Å². The Hall–Kier alpha value is -3.82. The highest BCUT2D eigenvalue weighted by Gasteiger charge is 2.24. The quantitative estimate of drug-likeness (QED) is 0.253. The molecule has 0 spiro atoms. The Morgan fingerprint density at radius 1 is 0.976 bits per heavy atom. The summed E-state index contributed by atoms with van der Waals surface area (Å²) in [4.78, 5) is 31.9. The molecule has 1 amide bonds. The molecule has 11 heteroatoms. The molecule has 41 heavy (non-hydrogen) atoms. The lowest BCUT2D eigenvalue weighted by atomic mass is 10.0. The first kappa shape index (κ1) is 28.7. The largest absolute Gasteiger partial charge is 0.368 e. The SMILES string of the molecule is CC(C)C[C@@H](Nc1cc(-n2ccnc2)nc(N2CCN(c3ccccc3)CC2)n1)C(=O)NCc1ccc(Cl)cc1Cl. The normalized spacial score (nSPS) is 14.3. The summed E-state index contributed by atoms with van der Waals surface area (Å²) in [6, 6.07) is 17.0. The van der Waals surface area contributed by atoms with Crippen LogP contribution in [-0.2, 0) is 11.3 Å². The number of carbonyl (C=O) groups is 1. The summed E-state index contributed by atoms with van der Waals surface area (Å²) in [7, 11) is 0. The van der Waals surface area contributed by atoms with Crippen LogP contribution in [0.4, 0.5) is 17.5 Å². The molecule has 4 aromatic rings. The summed E-state index contributed by atoms with van der Waals surface area (Å²) in [6.07, 6.45) is 5.88. The van der Waals surface area contributed by atoms with Gasteiger partial charge in [0.1, 0.15) is 24.0 Å². The van der Waals surface area contributed by atoms with E-state index in [-0.39, 0.29) is 11.8 Å². The zero-order chi connectivity index (χ0) is 28.8. The molecule has 0 saturated carbocycles. The van der Waals surface area contributed by atoms with E-state index in [0.29, 0.717) is 40.6 Å². The standard InChI is InChI=1S/C30H34Cl2N8O/c1-21(2)16-26(29(41)34-19-22-8-9-23(31)17-25(22)32)35-27-18-28(40-11-10-33-20-40)37-30(36-27)39-14-12-38(13-15-39)24-6-4-3-5-7-24/h3-11,17-18,20-21,26H,12-16,19H2,1-2H3,(H,34,41)(H,35,36,37)/t26-/m1/s1. The molecular formula is C30H34Cl2N8O. The van der Waals surface area contributed by atoms with Gasteiger partial charge < -0.3 is 20.4 Å². The molecule has 2 aromatic carbocycles. The van der Waals surface area contributed by atoms with Gasteiger partial charge in [0.2, 0.25) is 11.9 Å². The summed E-state index contributed by atoms with van der Waals surface area (Å²) in [5.41, 5.74) is 2.01. The molecule has 2 aromatic heterocycles. The van der Waals surface area contributed by atoms with Gasteiger partial charge in [0, 0.05) is 66.9 Å². The van der Waals surface area contributed by atoms with Crippen LogP contribution in [0.15, 0.2) is 73.3 Å². The Labute approximate surface area is 250 Å². The number of halogens is 2. The van der Waals surface area contributed by atoms with Crippen LogP contribution >= 0.6 is 23.2 Å². The van der Waals surface area contributed by atoms with Crippen molar-refractivity contribution < 1.29 is 4.79 Å². The molecule has 0 unspecified atom stereocenters. The third kappa shape index (κ3) is 7.48. The number of hydrogen-bond acceptors (Lipinski definition) is 7. The molecule has 1 fully saturated rings. The van der Waals surface area contributed by atoms with Gasteiger partial charge >= 0.3 is 0 Å². The molecule has 214 valence electrons. The minimum absolute atomic E-state index is 0.134. The zero-order valence-corrected chi connectivity index (χ0v) is 24.7. The predicted octanol–water partition coefficient (Wildman–Crippen LogP) is 5.44. The number of aromatic nitrogens is 4. The Morgan fingerprint density at radius 3 is 2.41 bits per heavy atom. The van der Waals surface area contributed by atoms with E-state index < -0.39 is 6.04 Å². The van der Waals surface area contributed by atoms with Crippen molar-refractivity contribution in [2.75, 3.05) is 41.3 Å². The molecule has 3 heterocycles. The molecule has 1 atom stereocenters. The fourth-order valence-corrected chi connectivity index (χ4v) is 5.30. The van der Waals surface area contributed by atoms with Gasteiger partial charge in [0.15, 0.2) is 0 Å². The van der Waals surface area contributed by atoms with Crippen molar-refractivity contribution in [2.24, 2.45) is 5.92 Å². The molecule has 0 aliphatic carbocycles. The number of benzene rings is 2. The lowest BCUT2D eigenvalue weighted by Crippen LogP contribution is -2.47. The van der Waals surface area contributed by atoms with Gasteiger partial charge in [0.25, 0.3) is 0 Å². The van der Waals surface area contributed by atoms with Crippen LogP contribution in [0, 0.1) is 5.92 Å². The summed E-state index contributed by atoms with van der Waals surface area (Å²) in [6.45, 7) is 7.75. The van der Waals surface area contributed by atoms with E-state index >= 15 is 0 Å². The Kier molecular flexibility index (Phi) is 9.26. The number of anilines is 3. The third-order valence-electron chi connectivity index (χ3n) is 6.97. The Balaban J connectivity index is 1.34. The number of nitrogens with one attached hydrogen (secondary N) is 2. The van der Waals surface area contributed by atoms with Crippen LogP contribution in [-0.4, -0.2) is 57.6 Å². The number of rotatable bonds is 10. The Bertz CT molecular complexity index is 1440. The average Bonchev–Trinajstić information content (AvgIpc) is 3.52. The van der Waals surface area contributed by atoms with Crippen molar-refractivity contribution in [2.45, 2.75) is 32.9 Å². The van der Waals surface area contributed by atoms with Crippen molar-refractivity contribution in [1.29, 1.82) is 0 Å². The highest BCUT2D eigenvalue weighted by atomic mass is 35.5.